The lowest BCUT2D eigenvalue weighted by atomic mass is 10.0. The highest BCUT2D eigenvalue weighted by molar-refractivity contribution is 5.79. The zero-order chi connectivity index (χ0) is 21.0. The summed E-state index contributed by atoms with van der Waals surface area (Å²) in [5, 5.41) is 8.74. The number of hydrogen-bond acceptors (Lipinski definition) is 3. The summed E-state index contributed by atoms with van der Waals surface area (Å²) in [4.78, 5) is 4.13. The maximum absolute atomic E-state index is 4.37. The number of hydrogen-bond donors (Lipinski definition) is 0. The molecule has 3 aromatic carbocycles. The Morgan fingerprint density at radius 2 is 1.30 bits per heavy atom. The van der Waals surface area contributed by atoms with Crippen molar-refractivity contribution in [1.29, 1.82) is 0 Å². The maximum Gasteiger partial charge on any atom is 0.0857 e. The molecular weight excluding hydrogens is 366 g/mol. The van der Waals surface area contributed by atoms with Crippen LogP contribution in [0.1, 0.15) is 23.6 Å². The third-order valence-corrected chi connectivity index (χ3v) is 4.61. The first kappa shape index (κ1) is 21.1. The van der Waals surface area contributed by atoms with Crippen LogP contribution < -0.4 is 0 Å². The van der Waals surface area contributed by atoms with Gasteiger partial charge in [0.05, 0.1) is 11.4 Å². The standard InChI is InChI=1S/C27H27N3/c1-3-4-8-25(21-28-2)20-24-13-17-27(18-14-24)30-29-26-15-11-23(12-16-26)19-22-9-6-5-7-10-22/h3-18,21H,19-20H2,1-2H3/b4-3-,25-8-,28-21?,30-29?. The number of allylic oxidation sites excluding steroid dienone is 4. The Kier molecular flexibility index (Phi) is 8.04. The molecule has 0 unspecified atom stereocenters. The zero-order valence-corrected chi connectivity index (χ0v) is 17.6. The lowest BCUT2D eigenvalue weighted by Crippen LogP contribution is -1.91. The van der Waals surface area contributed by atoms with Crippen molar-refractivity contribution in [2.75, 3.05) is 7.05 Å². The molecule has 0 aliphatic heterocycles. The highest BCUT2D eigenvalue weighted by atomic mass is 15.1. The summed E-state index contributed by atoms with van der Waals surface area (Å²) in [6, 6.07) is 26.9. The molecule has 0 aromatic heterocycles. The Morgan fingerprint density at radius 3 is 1.87 bits per heavy atom. The van der Waals surface area contributed by atoms with E-state index in [1.165, 1.54) is 22.3 Å². The van der Waals surface area contributed by atoms with Crippen LogP contribution in [0.3, 0.4) is 0 Å². The van der Waals surface area contributed by atoms with Gasteiger partial charge in [0.1, 0.15) is 0 Å². The Hall–Kier alpha value is -3.59. The number of benzene rings is 3. The van der Waals surface area contributed by atoms with Crippen LogP contribution in [0.25, 0.3) is 0 Å². The molecule has 0 N–H and O–H groups in total. The predicted molar refractivity (Wildman–Crippen MR) is 127 cm³/mol. The maximum atomic E-state index is 4.37. The lowest BCUT2D eigenvalue weighted by Gasteiger charge is -2.03. The summed E-state index contributed by atoms with van der Waals surface area (Å²) in [5.41, 5.74) is 6.65. The van der Waals surface area contributed by atoms with Crippen molar-refractivity contribution >= 4 is 17.6 Å². The highest BCUT2D eigenvalue weighted by Gasteiger charge is 1.99. The molecule has 0 spiro atoms. The second-order valence-corrected chi connectivity index (χ2v) is 7.03. The molecule has 3 aromatic rings. The van der Waals surface area contributed by atoms with Crippen LogP contribution in [0.5, 0.6) is 0 Å². The van der Waals surface area contributed by atoms with Crippen molar-refractivity contribution in [3.63, 3.8) is 0 Å². The fourth-order valence-electron chi connectivity index (χ4n) is 3.08. The van der Waals surface area contributed by atoms with E-state index in [2.05, 4.69) is 69.8 Å². The molecule has 0 radical (unpaired) electrons. The van der Waals surface area contributed by atoms with Crippen molar-refractivity contribution in [3.8, 4) is 0 Å². The average molecular weight is 394 g/mol. The summed E-state index contributed by atoms with van der Waals surface area (Å²) in [5.74, 6) is 0. The van der Waals surface area contributed by atoms with Gasteiger partial charge in [-0.3, -0.25) is 4.99 Å². The van der Waals surface area contributed by atoms with E-state index < -0.39 is 0 Å². The molecule has 0 heterocycles. The Bertz CT molecular complexity index is 1030. The van der Waals surface area contributed by atoms with Gasteiger partial charge in [-0.25, -0.2) is 0 Å². The van der Waals surface area contributed by atoms with Gasteiger partial charge in [-0.1, -0.05) is 72.8 Å². The SMILES string of the molecule is C/C=C\C=C(/C=NC)Cc1ccc(N=Nc2ccc(Cc3ccccc3)cc2)cc1. The summed E-state index contributed by atoms with van der Waals surface area (Å²) in [7, 11) is 1.79. The molecule has 0 aliphatic carbocycles. The molecule has 30 heavy (non-hydrogen) atoms. The van der Waals surface area contributed by atoms with E-state index in [1.807, 2.05) is 55.6 Å². The van der Waals surface area contributed by atoms with Gasteiger partial charge >= 0.3 is 0 Å². The van der Waals surface area contributed by atoms with E-state index in [0.717, 1.165) is 24.2 Å². The molecule has 0 saturated carbocycles. The molecule has 0 aliphatic rings. The van der Waals surface area contributed by atoms with Gasteiger partial charge in [0.25, 0.3) is 0 Å². The monoisotopic (exact) mass is 393 g/mol. The fourth-order valence-corrected chi connectivity index (χ4v) is 3.08. The van der Waals surface area contributed by atoms with E-state index >= 15 is 0 Å². The zero-order valence-electron chi connectivity index (χ0n) is 17.6. The van der Waals surface area contributed by atoms with E-state index in [-0.39, 0.29) is 0 Å². The van der Waals surface area contributed by atoms with Gasteiger partial charge in [-0.15, -0.1) is 0 Å². The first-order valence-electron chi connectivity index (χ1n) is 10.1. The normalized spacial score (nSPS) is 12.4. The van der Waals surface area contributed by atoms with E-state index in [4.69, 9.17) is 0 Å². The minimum Gasteiger partial charge on any atom is -0.296 e. The summed E-state index contributed by atoms with van der Waals surface area (Å²) in [6.07, 6.45) is 9.79. The minimum absolute atomic E-state index is 0.835. The molecule has 3 nitrogen and oxygen atoms in total. The van der Waals surface area contributed by atoms with Crippen LogP contribution in [0.4, 0.5) is 11.4 Å². The Balaban J connectivity index is 1.60. The largest absolute Gasteiger partial charge is 0.296 e. The molecular formula is C27H27N3. The summed E-state index contributed by atoms with van der Waals surface area (Å²) >= 11 is 0. The van der Waals surface area contributed by atoms with Gasteiger partial charge in [-0.05, 0) is 66.3 Å². The third-order valence-electron chi connectivity index (χ3n) is 4.61. The van der Waals surface area contributed by atoms with E-state index in [1.54, 1.807) is 7.05 Å². The van der Waals surface area contributed by atoms with Crippen molar-refractivity contribution < 1.29 is 0 Å². The van der Waals surface area contributed by atoms with Crippen LogP contribution >= 0.6 is 0 Å². The average Bonchev–Trinajstić information content (AvgIpc) is 2.79. The van der Waals surface area contributed by atoms with Crippen LogP contribution in [0, 0.1) is 0 Å². The van der Waals surface area contributed by atoms with Crippen molar-refractivity contribution in [1.82, 2.24) is 0 Å². The highest BCUT2D eigenvalue weighted by Crippen LogP contribution is 2.21. The van der Waals surface area contributed by atoms with E-state index in [9.17, 15) is 0 Å². The molecule has 0 atom stereocenters. The first-order valence-corrected chi connectivity index (χ1v) is 10.1. The quantitative estimate of drug-likeness (QED) is 0.217. The third kappa shape index (κ3) is 6.78. The predicted octanol–water partition coefficient (Wildman–Crippen LogP) is 7.44. The second-order valence-electron chi connectivity index (χ2n) is 7.03. The van der Waals surface area contributed by atoms with Crippen LogP contribution in [0.2, 0.25) is 0 Å². The number of azo groups is 1. The van der Waals surface area contributed by atoms with Crippen molar-refractivity contribution in [3.05, 3.63) is 119 Å². The number of rotatable bonds is 8. The van der Waals surface area contributed by atoms with Crippen LogP contribution in [-0.2, 0) is 12.8 Å². The van der Waals surface area contributed by atoms with Gasteiger partial charge in [-0.2, -0.15) is 10.2 Å². The van der Waals surface area contributed by atoms with Crippen LogP contribution in [0.15, 0.2) is 118 Å². The van der Waals surface area contributed by atoms with Crippen molar-refractivity contribution in [2.24, 2.45) is 15.2 Å². The smallest absolute Gasteiger partial charge is 0.0857 e. The van der Waals surface area contributed by atoms with Gasteiger partial charge < -0.3 is 0 Å². The number of aliphatic imine (C=N–C) groups is 1. The second kappa shape index (κ2) is 11.4. The topological polar surface area (TPSA) is 37.1 Å². The molecule has 0 amide bonds. The van der Waals surface area contributed by atoms with E-state index in [0.29, 0.717) is 0 Å². The minimum atomic E-state index is 0.835. The molecule has 0 bridgehead atoms. The van der Waals surface area contributed by atoms with Crippen molar-refractivity contribution in [2.45, 2.75) is 19.8 Å². The molecule has 3 rings (SSSR count). The molecule has 0 fully saturated rings. The Morgan fingerprint density at radius 1 is 0.733 bits per heavy atom. The summed E-state index contributed by atoms with van der Waals surface area (Å²) < 4.78 is 0. The van der Waals surface area contributed by atoms with Gasteiger partial charge in [0.2, 0.25) is 0 Å². The first-order chi connectivity index (χ1) is 14.8. The number of nitrogens with zero attached hydrogens (tertiary/aromatic N) is 3. The van der Waals surface area contributed by atoms with Gasteiger partial charge in [0.15, 0.2) is 0 Å². The summed E-state index contributed by atoms with van der Waals surface area (Å²) in [6.45, 7) is 2.01. The van der Waals surface area contributed by atoms with Gasteiger partial charge in [0, 0.05) is 13.3 Å². The lowest BCUT2D eigenvalue weighted by molar-refractivity contribution is 1.17. The van der Waals surface area contributed by atoms with Crippen LogP contribution in [-0.4, -0.2) is 13.3 Å². The molecule has 0 saturated heterocycles. The Labute approximate surface area is 179 Å². The molecule has 3 heteroatoms. The molecule has 150 valence electrons. The fraction of sp³-hybridized carbons (Fsp3) is 0.148.